The van der Waals surface area contributed by atoms with Crippen molar-refractivity contribution in [3.63, 3.8) is 0 Å². The lowest BCUT2D eigenvalue weighted by Gasteiger charge is -2.15. The quantitative estimate of drug-likeness (QED) is 0.795. The van der Waals surface area contributed by atoms with Gasteiger partial charge in [0.1, 0.15) is 5.01 Å². The lowest BCUT2D eigenvalue weighted by atomic mass is 9.95. The van der Waals surface area contributed by atoms with E-state index < -0.39 is 0 Å². The average molecular weight is 336 g/mol. The maximum absolute atomic E-state index is 6.39. The van der Waals surface area contributed by atoms with E-state index in [1.165, 1.54) is 10.4 Å². The fourth-order valence-corrected chi connectivity index (χ4v) is 4.28. The van der Waals surface area contributed by atoms with Crippen LogP contribution in [0, 0.1) is 0 Å². The largest absolute Gasteiger partial charge is 0.326 e. The molecule has 1 saturated heterocycles. The standard InChI is InChI=1S/C19H20N4S/c20-18-13-23(12-17(18)14-4-2-1-3-5-14)11-16-10-22-19(24-16)15-6-8-21-9-7-15/h1-10,17-18H,11-13,20H2/t17-,18+/m0/s1. The summed E-state index contributed by atoms with van der Waals surface area (Å²) >= 11 is 1.75. The molecule has 3 aromatic rings. The number of hydrogen-bond donors (Lipinski definition) is 1. The summed E-state index contributed by atoms with van der Waals surface area (Å²) in [5, 5.41) is 1.05. The first-order chi connectivity index (χ1) is 11.8. The molecule has 0 saturated carbocycles. The Bertz CT molecular complexity index is 787. The molecule has 122 valence electrons. The summed E-state index contributed by atoms with van der Waals surface area (Å²) < 4.78 is 0. The third-order valence-corrected chi connectivity index (χ3v) is 5.56. The fourth-order valence-electron chi connectivity index (χ4n) is 3.32. The number of likely N-dealkylation sites (tertiary alicyclic amines) is 1. The molecule has 0 unspecified atom stereocenters. The van der Waals surface area contributed by atoms with Crippen LogP contribution in [0.1, 0.15) is 16.4 Å². The van der Waals surface area contributed by atoms with E-state index in [2.05, 4.69) is 45.2 Å². The summed E-state index contributed by atoms with van der Waals surface area (Å²) in [6.07, 6.45) is 5.60. The van der Waals surface area contributed by atoms with E-state index in [0.717, 1.165) is 30.2 Å². The van der Waals surface area contributed by atoms with Crippen molar-refractivity contribution in [1.29, 1.82) is 0 Å². The van der Waals surface area contributed by atoms with Crippen LogP contribution >= 0.6 is 11.3 Å². The molecule has 0 radical (unpaired) electrons. The molecule has 3 heterocycles. The molecule has 1 aromatic carbocycles. The predicted octanol–water partition coefficient (Wildman–Crippen LogP) is 3.13. The van der Waals surface area contributed by atoms with Gasteiger partial charge in [-0.05, 0) is 17.7 Å². The van der Waals surface area contributed by atoms with Gasteiger partial charge >= 0.3 is 0 Å². The number of nitrogens with two attached hydrogens (primary N) is 1. The van der Waals surface area contributed by atoms with E-state index in [-0.39, 0.29) is 6.04 Å². The lowest BCUT2D eigenvalue weighted by Crippen LogP contribution is -2.28. The van der Waals surface area contributed by atoms with Crippen LogP contribution in [0.25, 0.3) is 10.6 Å². The van der Waals surface area contributed by atoms with E-state index in [1.54, 1.807) is 23.7 Å². The van der Waals surface area contributed by atoms with Crippen molar-refractivity contribution < 1.29 is 0 Å². The van der Waals surface area contributed by atoms with Crippen molar-refractivity contribution in [3.8, 4) is 10.6 Å². The Morgan fingerprint density at radius 1 is 1.08 bits per heavy atom. The second kappa shape index (κ2) is 6.81. The van der Waals surface area contributed by atoms with Crippen LogP contribution in [0.4, 0.5) is 0 Å². The van der Waals surface area contributed by atoms with Gasteiger partial charge in [0, 0.05) is 60.6 Å². The Labute approximate surface area is 146 Å². The van der Waals surface area contributed by atoms with Gasteiger partial charge in [0.2, 0.25) is 0 Å². The zero-order valence-electron chi connectivity index (χ0n) is 13.4. The number of aromatic nitrogens is 2. The van der Waals surface area contributed by atoms with Crippen molar-refractivity contribution in [1.82, 2.24) is 14.9 Å². The van der Waals surface area contributed by atoms with Gasteiger partial charge in [-0.1, -0.05) is 30.3 Å². The van der Waals surface area contributed by atoms with Crippen LogP contribution in [-0.2, 0) is 6.54 Å². The SMILES string of the molecule is N[C@@H]1CN(Cc2cnc(-c3ccncc3)s2)C[C@H]1c1ccccc1. The van der Waals surface area contributed by atoms with Crippen molar-refractivity contribution in [2.45, 2.75) is 18.5 Å². The normalized spacial score (nSPS) is 21.2. The summed E-state index contributed by atoms with van der Waals surface area (Å²) in [4.78, 5) is 12.3. The molecule has 24 heavy (non-hydrogen) atoms. The molecule has 0 amide bonds. The molecule has 4 rings (SSSR count). The third kappa shape index (κ3) is 3.24. The zero-order valence-corrected chi connectivity index (χ0v) is 14.2. The number of benzene rings is 1. The van der Waals surface area contributed by atoms with Crippen molar-refractivity contribution in [2.24, 2.45) is 5.73 Å². The first-order valence-corrected chi connectivity index (χ1v) is 8.99. The Morgan fingerprint density at radius 3 is 2.67 bits per heavy atom. The van der Waals surface area contributed by atoms with Gasteiger partial charge in [-0.25, -0.2) is 4.98 Å². The molecular weight excluding hydrogens is 316 g/mol. The highest BCUT2D eigenvalue weighted by Crippen LogP contribution is 2.30. The Balaban J connectivity index is 1.44. The second-order valence-corrected chi connectivity index (χ2v) is 7.36. The Morgan fingerprint density at radius 2 is 1.88 bits per heavy atom. The number of pyridine rings is 1. The van der Waals surface area contributed by atoms with Crippen LogP contribution in [0.2, 0.25) is 0 Å². The molecule has 0 spiro atoms. The van der Waals surface area contributed by atoms with E-state index in [0.29, 0.717) is 5.92 Å². The topological polar surface area (TPSA) is 55.0 Å². The molecule has 2 atom stereocenters. The van der Waals surface area contributed by atoms with Gasteiger partial charge in [0.15, 0.2) is 0 Å². The number of thiazole rings is 1. The minimum absolute atomic E-state index is 0.194. The maximum Gasteiger partial charge on any atom is 0.123 e. The number of rotatable bonds is 4. The van der Waals surface area contributed by atoms with Crippen molar-refractivity contribution in [3.05, 3.63) is 71.5 Å². The highest BCUT2D eigenvalue weighted by Gasteiger charge is 2.31. The monoisotopic (exact) mass is 336 g/mol. The summed E-state index contributed by atoms with van der Waals surface area (Å²) in [6, 6.07) is 14.8. The third-order valence-electron chi connectivity index (χ3n) is 4.53. The van der Waals surface area contributed by atoms with Crippen LogP contribution in [0.3, 0.4) is 0 Å². The van der Waals surface area contributed by atoms with Crippen LogP contribution in [0.15, 0.2) is 61.1 Å². The molecular formula is C19H20N4S. The van der Waals surface area contributed by atoms with Crippen molar-refractivity contribution >= 4 is 11.3 Å². The molecule has 2 aromatic heterocycles. The van der Waals surface area contributed by atoms with E-state index in [9.17, 15) is 0 Å². The van der Waals surface area contributed by atoms with Gasteiger partial charge in [-0.15, -0.1) is 11.3 Å². The van der Waals surface area contributed by atoms with Crippen molar-refractivity contribution in [2.75, 3.05) is 13.1 Å². The summed E-state index contributed by atoms with van der Waals surface area (Å²) in [5.74, 6) is 0.416. The van der Waals surface area contributed by atoms with Gasteiger partial charge in [-0.3, -0.25) is 9.88 Å². The maximum atomic E-state index is 6.39. The molecule has 2 N–H and O–H groups in total. The molecule has 0 bridgehead atoms. The Kier molecular flexibility index (Phi) is 4.38. The van der Waals surface area contributed by atoms with E-state index in [1.807, 2.05) is 18.3 Å². The highest BCUT2D eigenvalue weighted by atomic mass is 32.1. The molecule has 1 fully saturated rings. The number of nitrogens with zero attached hydrogens (tertiary/aromatic N) is 3. The van der Waals surface area contributed by atoms with Crippen LogP contribution in [0.5, 0.6) is 0 Å². The molecule has 0 aliphatic carbocycles. The smallest absolute Gasteiger partial charge is 0.123 e. The number of hydrogen-bond acceptors (Lipinski definition) is 5. The first-order valence-electron chi connectivity index (χ1n) is 8.17. The van der Waals surface area contributed by atoms with E-state index >= 15 is 0 Å². The summed E-state index contributed by atoms with van der Waals surface area (Å²) in [7, 11) is 0. The Hall–Kier alpha value is -2.08. The summed E-state index contributed by atoms with van der Waals surface area (Å²) in [5.41, 5.74) is 8.86. The van der Waals surface area contributed by atoms with Gasteiger partial charge in [-0.2, -0.15) is 0 Å². The molecule has 5 heteroatoms. The van der Waals surface area contributed by atoms with Crippen LogP contribution < -0.4 is 5.73 Å². The average Bonchev–Trinajstić information content (AvgIpc) is 3.23. The molecule has 1 aliphatic rings. The van der Waals surface area contributed by atoms with Gasteiger partial charge in [0.05, 0.1) is 0 Å². The minimum Gasteiger partial charge on any atom is -0.326 e. The highest BCUT2D eigenvalue weighted by molar-refractivity contribution is 7.15. The van der Waals surface area contributed by atoms with Gasteiger partial charge < -0.3 is 5.73 Å². The fraction of sp³-hybridized carbons (Fsp3) is 0.263. The van der Waals surface area contributed by atoms with E-state index in [4.69, 9.17) is 5.73 Å². The first kappa shape index (κ1) is 15.4. The molecule has 4 nitrogen and oxygen atoms in total. The van der Waals surface area contributed by atoms with Crippen LogP contribution in [-0.4, -0.2) is 34.0 Å². The zero-order chi connectivity index (χ0) is 16.4. The molecule has 1 aliphatic heterocycles. The van der Waals surface area contributed by atoms with Gasteiger partial charge in [0.25, 0.3) is 0 Å². The summed E-state index contributed by atoms with van der Waals surface area (Å²) in [6.45, 7) is 2.86. The predicted molar refractivity (Wildman–Crippen MR) is 97.8 cm³/mol. The lowest BCUT2D eigenvalue weighted by molar-refractivity contribution is 0.326. The second-order valence-electron chi connectivity index (χ2n) is 6.24. The minimum atomic E-state index is 0.194.